The first-order chi connectivity index (χ1) is 17.4. The maximum Gasteiger partial charge on any atom is 0.328 e. The molecule has 36 heavy (non-hydrogen) atoms. The normalized spacial score (nSPS) is 15.8. The molecule has 2 aromatic rings. The molecule has 0 spiro atoms. The first-order valence-corrected chi connectivity index (χ1v) is 11.9. The van der Waals surface area contributed by atoms with Crippen molar-refractivity contribution in [3.05, 3.63) is 40.7 Å². The number of carbonyl (C=O) groups excluding carboxylic acids is 3. The molecule has 3 amide bonds. The highest BCUT2D eigenvalue weighted by molar-refractivity contribution is 6.02. The molecule has 4 heterocycles. The number of urea groups is 1. The van der Waals surface area contributed by atoms with Gasteiger partial charge < -0.3 is 15.0 Å². The Bertz CT molecular complexity index is 1210. The molecule has 188 valence electrons. The Labute approximate surface area is 209 Å². The Balaban J connectivity index is 1.55. The van der Waals surface area contributed by atoms with Crippen molar-refractivity contribution in [3.8, 4) is 6.07 Å². The van der Waals surface area contributed by atoms with Gasteiger partial charge in [0.05, 0.1) is 17.9 Å². The lowest BCUT2D eigenvalue weighted by Crippen LogP contribution is -2.40. The Hall–Kier alpha value is -4.04. The summed E-state index contributed by atoms with van der Waals surface area (Å²) in [5, 5.41) is 15.4. The number of nitriles is 1. The predicted molar refractivity (Wildman–Crippen MR) is 133 cm³/mol. The Morgan fingerprint density at radius 3 is 2.81 bits per heavy atom. The van der Waals surface area contributed by atoms with Crippen LogP contribution in [0.15, 0.2) is 18.3 Å². The lowest BCUT2D eigenvalue weighted by molar-refractivity contribution is -0.128. The minimum absolute atomic E-state index is 0.0574. The van der Waals surface area contributed by atoms with Crippen molar-refractivity contribution in [3.63, 3.8) is 0 Å². The average Bonchev–Trinajstić information content (AvgIpc) is 3.27. The molecule has 0 saturated carbocycles. The van der Waals surface area contributed by atoms with Crippen LogP contribution in [0.1, 0.15) is 53.4 Å². The number of likely N-dealkylation sites (tertiary alicyclic amines) is 1. The molecule has 1 atom stereocenters. The fourth-order valence-electron chi connectivity index (χ4n) is 4.53. The van der Waals surface area contributed by atoms with Crippen molar-refractivity contribution in [2.24, 2.45) is 0 Å². The van der Waals surface area contributed by atoms with Crippen molar-refractivity contribution < 1.29 is 19.1 Å². The summed E-state index contributed by atoms with van der Waals surface area (Å²) in [7, 11) is 1.59. The standard InChI is InChI=1S/C25H29N7O4/c1-16(15-36-2)28-20-10-22(27-12-19(20)11-26)30-25(35)32-8-3-5-17-9-18(21(14-33)29-24(17)32)13-31-7-4-6-23(31)34/h9-10,12,14,16H,3-8,13,15H2,1-2H3,(H2,27,28,30,35)/t16-/m1/s1. The lowest BCUT2D eigenvalue weighted by Gasteiger charge is -2.29. The van der Waals surface area contributed by atoms with Gasteiger partial charge in [0.15, 0.2) is 6.29 Å². The summed E-state index contributed by atoms with van der Waals surface area (Å²) in [6, 6.07) is 5.09. The van der Waals surface area contributed by atoms with Crippen LogP contribution in [0.4, 0.5) is 22.1 Å². The van der Waals surface area contributed by atoms with Crippen molar-refractivity contribution in [1.82, 2.24) is 14.9 Å². The third-order valence-corrected chi connectivity index (χ3v) is 6.24. The van der Waals surface area contributed by atoms with Crippen molar-refractivity contribution in [2.45, 2.75) is 45.2 Å². The molecular formula is C25H29N7O4. The largest absolute Gasteiger partial charge is 0.383 e. The van der Waals surface area contributed by atoms with Gasteiger partial charge in [0, 0.05) is 57.0 Å². The second-order valence-electron chi connectivity index (χ2n) is 8.97. The van der Waals surface area contributed by atoms with Gasteiger partial charge in [-0.15, -0.1) is 0 Å². The van der Waals surface area contributed by atoms with Crippen LogP contribution in [0.25, 0.3) is 0 Å². The van der Waals surface area contributed by atoms with Gasteiger partial charge in [0.25, 0.3) is 0 Å². The van der Waals surface area contributed by atoms with E-state index in [0.29, 0.717) is 68.0 Å². The number of carbonyl (C=O) groups is 3. The number of rotatable bonds is 8. The van der Waals surface area contributed by atoms with Crippen LogP contribution in [0.5, 0.6) is 0 Å². The number of hydrogen-bond acceptors (Lipinski definition) is 8. The number of nitrogens with zero attached hydrogens (tertiary/aromatic N) is 5. The van der Waals surface area contributed by atoms with Gasteiger partial charge in [-0.05, 0) is 37.8 Å². The van der Waals surface area contributed by atoms with E-state index in [9.17, 15) is 19.6 Å². The number of nitrogens with one attached hydrogen (secondary N) is 2. The molecule has 2 N–H and O–H groups in total. The number of aryl methyl sites for hydroxylation is 1. The topological polar surface area (TPSA) is 141 Å². The molecule has 1 saturated heterocycles. The van der Waals surface area contributed by atoms with E-state index in [0.717, 1.165) is 18.4 Å². The van der Waals surface area contributed by atoms with Crippen LogP contribution in [0, 0.1) is 11.3 Å². The zero-order valence-corrected chi connectivity index (χ0v) is 20.4. The quantitative estimate of drug-likeness (QED) is 0.537. The minimum Gasteiger partial charge on any atom is -0.383 e. The lowest BCUT2D eigenvalue weighted by atomic mass is 10.0. The third kappa shape index (κ3) is 5.44. The molecule has 0 radical (unpaired) electrons. The molecule has 1 fully saturated rings. The van der Waals surface area contributed by atoms with Crippen molar-refractivity contribution >= 4 is 35.5 Å². The number of amides is 3. The van der Waals surface area contributed by atoms with Gasteiger partial charge in [0.2, 0.25) is 5.91 Å². The molecule has 11 nitrogen and oxygen atoms in total. The highest BCUT2D eigenvalue weighted by Gasteiger charge is 2.28. The SMILES string of the molecule is COC[C@@H](C)Nc1cc(NC(=O)N2CCCc3cc(CN4CCCC4=O)c(C=O)nc32)ncc1C#N. The fraction of sp³-hybridized carbons (Fsp3) is 0.440. The first-order valence-electron chi connectivity index (χ1n) is 11.9. The van der Waals surface area contributed by atoms with E-state index in [1.807, 2.05) is 13.0 Å². The number of hydrogen-bond donors (Lipinski definition) is 2. The maximum atomic E-state index is 13.2. The minimum atomic E-state index is -0.434. The van der Waals surface area contributed by atoms with E-state index in [-0.39, 0.29) is 23.5 Å². The number of fused-ring (bicyclic) bond motifs is 1. The van der Waals surface area contributed by atoms with Crippen molar-refractivity contribution in [2.75, 3.05) is 42.3 Å². The number of pyridine rings is 2. The second-order valence-corrected chi connectivity index (χ2v) is 8.97. The van der Waals surface area contributed by atoms with Crippen LogP contribution in [-0.4, -0.2) is 65.9 Å². The van der Waals surface area contributed by atoms with E-state index in [4.69, 9.17) is 4.74 Å². The summed E-state index contributed by atoms with van der Waals surface area (Å²) in [6.07, 6.45) is 4.85. The maximum absolute atomic E-state index is 13.2. The summed E-state index contributed by atoms with van der Waals surface area (Å²) in [5.41, 5.74) is 2.65. The smallest absolute Gasteiger partial charge is 0.328 e. The van der Waals surface area contributed by atoms with E-state index < -0.39 is 6.03 Å². The Morgan fingerprint density at radius 2 is 2.11 bits per heavy atom. The van der Waals surface area contributed by atoms with Crippen LogP contribution < -0.4 is 15.5 Å². The van der Waals surface area contributed by atoms with Crippen molar-refractivity contribution in [1.29, 1.82) is 5.26 Å². The first kappa shape index (κ1) is 25.1. The highest BCUT2D eigenvalue weighted by atomic mass is 16.5. The molecule has 0 bridgehead atoms. The molecule has 2 aliphatic heterocycles. The number of aromatic nitrogens is 2. The zero-order valence-electron chi connectivity index (χ0n) is 20.4. The number of anilines is 3. The van der Waals surface area contributed by atoms with E-state index in [1.54, 1.807) is 18.1 Å². The van der Waals surface area contributed by atoms with Crippen LogP contribution in [0.2, 0.25) is 0 Å². The molecule has 0 unspecified atom stereocenters. The third-order valence-electron chi connectivity index (χ3n) is 6.24. The average molecular weight is 492 g/mol. The van der Waals surface area contributed by atoms with Crippen LogP contribution in [-0.2, 0) is 22.5 Å². The monoisotopic (exact) mass is 491 g/mol. The number of aldehydes is 1. The molecular weight excluding hydrogens is 462 g/mol. The second kappa shape index (κ2) is 11.1. The zero-order chi connectivity index (χ0) is 25.7. The predicted octanol–water partition coefficient (Wildman–Crippen LogP) is 2.71. The molecule has 2 aliphatic rings. The van der Waals surface area contributed by atoms with Crippen LogP contribution in [0.3, 0.4) is 0 Å². The summed E-state index contributed by atoms with van der Waals surface area (Å²) in [4.78, 5) is 49.1. The summed E-state index contributed by atoms with van der Waals surface area (Å²) in [5.74, 6) is 0.780. The summed E-state index contributed by atoms with van der Waals surface area (Å²) >= 11 is 0. The van der Waals surface area contributed by atoms with Gasteiger partial charge in [-0.25, -0.2) is 14.8 Å². The van der Waals surface area contributed by atoms with Gasteiger partial charge in [0.1, 0.15) is 23.4 Å². The van der Waals surface area contributed by atoms with Gasteiger partial charge in [-0.1, -0.05) is 0 Å². The fourth-order valence-corrected chi connectivity index (χ4v) is 4.53. The number of methoxy groups -OCH3 is 1. The Kier molecular flexibility index (Phi) is 7.75. The van der Waals surface area contributed by atoms with E-state index in [2.05, 4.69) is 26.7 Å². The summed E-state index contributed by atoms with van der Waals surface area (Å²) < 4.78 is 5.14. The Morgan fingerprint density at radius 1 is 1.31 bits per heavy atom. The molecule has 11 heteroatoms. The van der Waals surface area contributed by atoms with E-state index in [1.165, 1.54) is 11.1 Å². The highest BCUT2D eigenvalue weighted by Crippen LogP contribution is 2.29. The van der Waals surface area contributed by atoms with Gasteiger partial charge in [-0.3, -0.25) is 19.8 Å². The van der Waals surface area contributed by atoms with E-state index >= 15 is 0 Å². The number of ether oxygens (including phenoxy) is 1. The van der Waals surface area contributed by atoms with Gasteiger partial charge in [-0.2, -0.15) is 5.26 Å². The molecule has 0 aromatic carbocycles. The molecule has 2 aromatic heterocycles. The molecule has 0 aliphatic carbocycles. The van der Waals surface area contributed by atoms with Crippen LogP contribution >= 0.6 is 0 Å². The summed E-state index contributed by atoms with van der Waals surface area (Å²) in [6.45, 7) is 3.80. The van der Waals surface area contributed by atoms with Gasteiger partial charge >= 0.3 is 6.03 Å². The molecule has 4 rings (SSSR count).